The Morgan fingerprint density at radius 1 is 0.920 bits per heavy atom. The Bertz CT molecular complexity index is 947. The molecular formula is C24H26N+. The molecule has 0 unspecified atom stereocenters. The summed E-state index contributed by atoms with van der Waals surface area (Å²) in [5, 5.41) is 9.17. The first-order valence-corrected chi connectivity index (χ1v) is 8.99. The van der Waals surface area contributed by atoms with E-state index in [9.17, 15) is 0 Å². The smallest absolute Gasteiger partial charge is 0.184 e. The molecule has 0 aromatic heterocycles. The number of fused-ring (bicyclic) bond motifs is 1. The average molecular weight is 328 g/mol. The van der Waals surface area contributed by atoms with Gasteiger partial charge in [0.15, 0.2) is 5.71 Å². The maximum absolute atomic E-state index is 6.62. The van der Waals surface area contributed by atoms with Crippen LogP contribution in [-0.2, 0) is 12.8 Å². The lowest BCUT2D eigenvalue weighted by atomic mass is 9.87. The van der Waals surface area contributed by atoms with Gasteiger partial charge in [0, 0.05) is 5.57 Å². The summed E-state index contributed by atoms with van der Waals surface area (Å²) in [6.45, 7) is 6.44. The summed E-state index contributed by atoms with van der Waals surface area (Å²) in [5.74, 6) is 0. The van der Waals surface area contributed by atoms with Crippen LogP contribution in [0, 0.1) is 6.92 Å². The second-order valence-corrected chi connectivity index (χ2v) is 6.51. The first kappa shape index (κ1) is 17.2. The van der Waals surface area contributed by atoms with E-state index in [0.717, 1.165) is 24.1 Å². The highest BCUT2D eigenvalue weighted by Gasteiger charge is 2.19. The average Bonchev–Trinajstić information content (AvgIpc) is 2.64. The van der Waals surface area contributed by atoms with Crippen molar-refractivity contribution in [2.24, 2.45) is 0 Å². The molecule has 0 aliphatic heterocycles. The molecule has 0 fully saturated rings. The van der Waals surface area contributed by atoms with Gasteiger partial charge in [0.1, 0.15) is 0 Å². The first-order valence-electron chi connectivity index (χ1n) is 8.99. The van der Waals surface area contributed by atoms with Gasteiger partial charge in [0.25, 0.3) is 0 Å². The molecule has 126 valence electrons. The molecule has 0 aliphatic carbocycles. The molecule has 0 heterocycles. The number of aryl methyl sites for hydroxylation is 2. The Morgan fingerprint density at radius 3 is 2.36 bits per heavy atom. The summed E-state index contributed by atoms with van der Waals surface area (Å²) in [5.41, 5.74) is 7.31. The minimum atomic E-state index is 0.777. The van der Waals surface area contributed by atoms with Crippen LogP contribution >= 0.6 is 0 Å². The Kier molecular flexibility index (Phi) is 5.14. The monoisotopic (exact) mass is 328 g/mol. The lowest BCUT2D eigenvalue weighted by Gasteiger charge is -2.15. The van der Waals surface area contributed by atoms with Crippen molar-refractivity contribution >= 4 is 22.1 Å². The van der Waals surface area contributed by atoms with E-state index in [1.165, 1.54) is 33.0 Å². The SMILES string of the molecule is C/C=C(/C(=[NH2+])Cc1ccccc1C)c1c(CC)ccc2ccccc12. The van der Waals surface area contributed by atoms with Gasteiger partial charge in [-0.25, -0.2) is 0 Å². The molecule has 0 radical (unpaired) electrons. The number of hydrogen-bond donors (Lipinski definition) is 1. The van der Waals surface area contributed by atoms with Crippen LogP contribution in [0.1, 0.15) is 36.1 Å². The van der Waals surface area contributed by atoms with E-state index in [2.05, 4.69) is 87.5 Å². The van der Waals surface area contributed by atoms with Crippen molar-refractivity contribution in [1.29, 1.82) is 0 Å². The number of allylic oxidation sites excluding steroid dienone is 2. The maximum Gasteiger partial charge on any atom is 0.184 e. The zero-order valence-electron chi connectivity index (χ0n) is 15.3. The zero-order chi connectivity index (χ0) is 17.8. The lowest BCUT2D eigenvalue weighted by molar-refractivity contribution is -0.113. The van der Waals surface area contributed by atoms with Gasteiger partial charge < -0.3 is 0 Å². The molecule has 0 bridgehead atoms. The van der Waals surface area contributed by atoms with Crippen molar-refractivity contribution in [1.82, 2.24) is 0 Å². The van der Waals surface area contributed by atoms with Gasteiger partial charge in [-0.1, -0.05) is 73.7 Å². The number of hydrogen-bond acceptors (Lipinski definition) is 0. The second-order valence-electron chi connectivity index (χ2n) is 6.51. The highest BCUT2D eigenvalue weighted by molar-refractivity contribution is 6.24. The molecule has 0 saturated heterocycles. The first-order chi connectivity index (χ1) is 12.2. The third kappa shape index (κ3) is 3.41. The van der Waals surface area contributed by atoms with Gasteiger partial charge >= 0.3 is 0 Å². The van der Waals surface area contributed by atoms with Crippen molar-refractivity contribution in [2.75, 3.05) is 0 Å². The normalized spacial score (nSPS) is 11.7. The standard InChI is InChI=1S/C24H25N/c1-4-18-14-15-19-11-8-9-13-22(19)24(18)21(5-2)23(25)16-20-12-7-6-10-17(20)3/h5-15,25H,4,16H2,1-3H3/p+1/b21-5-,25-23?. The van der Waals surface area contributed by atoms with Crippen LogP contribution < -0.4 is 5.41 Å². The van der Waals surface area contributed by atoms with Crippen molar-refractivity contribution in [2.45, 2.75) is 33.6 Å². The maximum atomic E-state index is 6.62. The number of rotatable bonds is 5. The van der Waals surface area contributed by atoms with Gasteiger partial charge in [-0.05, 0) is 53.3 Å². The van der Waals surface area contributed by atoms with Crippen LogP contribution in [0.15, 0.2) is 66.7 Å². The summed E-state index contributed by atoms with van der Waals surface area (Å²) < 4.78 is 0. The third-order valence-corrected chi connectivity index (χ3v) is 4.94. The summed E-state index contributed by atoms with van der Waals surface area (Å²) in [6.07, 6.45) is 3.93. The van der Waals surface area contributed by atoms with E-state index in [4.69, 9.17) is 5.41 Å². The van der Waals surface area contributed by atoms with E-state index in [0.29, 0.717) is 0 Å². The Hall–Kier alpha value is -2.67. The highest BCUT2D eigenvalue weighted by Crippen LogP contribution is 2.30. The van der Waals surface area contributed by atoms with E-state index < -0.39 is 0 Å². The van der Waals surface area contributed by atoms with Gasteiger partial charge in [-0.3, -0.25) is 5.41 Å². The Morgan fingerprint density at radius 2 is 1.64 bits per heavy atom. The molecule has 0 saturated carbocycles. The summed E-state index contributed by atoms with van der Waals surface area (Å²) in [4.78, 5) is 0. The van der Waals surface area contributed by atoms with Crippen LogP contribution in [0.3, 0.4) is 0 Å². The Balaban J connectivity index is 2.08. The van der Waals surface area contributed by atoms with Crippen LogP contribution in [0.25, 0.3) is 16.3 Å². The molecule has 0 spiro atoms. The minimum absolute atomic E-state index is 0.777. The fraction of sp³-hybridized carbons (Fsp3) is 0.208. The molecule has 3 aromatic rings. The molecule has 25 heavy (non-hydrogen) atoms. The summed E-state index contributed by atoms with van der Waals surface area (Å²) in [7, 11) is 0. The lowest BCUT2D eigenvalue weighted by Crippen LogP contribution is -2.42. The topological polar surface area (TPSA) is 25.6 Å². The molecule has 0 aliphatic rings. The molecule has 1 heteroatoms. The van der Waals surface area contributed by atoms with Crippen molar-refractivity contribution in [3.05, 3.63) is 89.0 Å². The number of nitrogens with two attached hydrogens (primary N) is 1. The van der Waals surface area contributed by atoms with E-state index in [-0.39, 0.29) is 0 Å². The molecule has 3 aromatic carbocycles. The predicted octanol–water partition coefficient (Wildman–Crippen LogP) is 4.56. The van der Waals surface area contributed by atoms with Crippen LogP contribution in [-0.4, -0.2) is 5.71 Å². The molecule has 0 amide bonds. The molecule has 0 atom stereocenters. The third-order valence-electron chi connectivity index (χ3n) is 4.94. The van der Waals surface area contributed by atoms with E-state index >= 15 is 0 Å². The fourth-order valence-corrected chi connectivity index (χ4v) is 3.53. The van der Waals surface area contributed by atoms with Crippen molar-refractivity contribution < 1.29 is 5.41 Å². The van der Waals surface area contributed by atoms with Gasteiger partial charge in [-0.15, -0.1) is 0 Å². The largest absolute Gasteiger partial charge is 0.257 e. The fourth-order valence-electron chi connectivity index (χ4n) is 3.53. The van der Waals surface area contributed by atoms with Gasteiger partial charge in [-0.2, -0.15) is 0 Å². The van der Waals surface area contributed by atoms with Crippen molar-refractivity contribution in [3.8, 4) is 0 Å². The zero-order valence-corrected chi connectivity index (χ0v) is 15.3. The summed E-state index contributed by atoms with van der Waals surface area (Å²) >= 11 is 0. The van der Waals surface area contributed by atoms with Crippen LogP contribution in [0.5, 0.6) is 0 Å². The van der Waals surface area contributed by atoms with Gasteiger partial charge in [0.2, 0.25) is 0 Å². The Labute approximate surface area is 150 Å². The molecule has 3 rings (SSSR count). The van der Waals surface area contributed by atoms with Crippen LogP contribution in [0.2, 0.25) is 0 Å². The number of benzene rings is 3. The highest BCUT2D eigenvalue weighted by atomic mass is 14.4. The predicted molar refractivity (Wildman–Crippen MR) is 109 cm³/mol. The van der Waals surface area contributed by atoms with Crippen molar-refractivity contribution in [3.63, 3.8) is 0 Å². The van der Waals surface area contributed by atoms with Crippen LogP contribution in [0.4, 0.5) is 0 Å². The second kappa shape index (κ2) is 7.48. The van der Waals surface area contributed by atoms with Gasteiger partial charge in [0.05, 0.1) is 6.42 Å². The molecule has 1 nitrogen and oxygen atoms in total. The minimum Gasteiger partial charge on any atom is -0.257 e. The summed E-state index contributed by atoms with van der Waals surface area (Å²) in [6, 6.07) is 21.5. The van der Waals surface area contributed by atoms with E-state index in [1.807, 2.05) is 0 Å². The quantitative estimate of drug-likeness (QED) is 0.665. The molecule has 2 N–H and O–H groups in total. The molecular weight excluding hydrogens is 302 g/mol. The van der Waals surface area contributed by atoms with E-state index in [1.54, 1.807) is 0 Å².